The highest BCUT2D eigenvalue weighted by atomic mass is 35.5. The average molecular weight is 414 g/mol. The number of aryl methyl sites for hydroxylation is 2. The number of halogens is 1. The summed E-state index contributed by atoms with van der Waals surface area (Å²) in [5.74, 6) is -0.0179. The fourth-order valence-electron chi connectivity index (χ4n) is 3.25. The smallest absolute Gasteiger partial charge is 0.245 e. The first-order valence-electron chi connectivity index (χ1n) is 8.48. The molecular weight excluding hydrogens is 390 g/mol. The normalized spacial score (nSPS) is 16.4. The minimum Gasteiger partial charge on any atom is -0.444 e. The van der Waals surface area contributed by atoms with E-state index in [0.29, 0.717) is 24.7 Å². The zero-order valence-electron chi connectivity index (χ0n) is 15.5. The molecule has 1 aromatic heterocycles. The Morgan fingerprint density at radius 2 is 1.93 bits per heavy atom. The van der Waals surface area contributed by atoms with Gasteiger partial charge in [-0.2, -0.15) is 0 Å². The zero-order chi connectivity index (χ0) is 18.9. The topological polar surface area (TPSA) is 101 Å². The van der Waals surface area contributed by atoms with E-state index in [4.69, 9.17) is 4.42 Å². The van der Waals surface area contributed by atoms with Crippen molar-refractivity contribution in [2.24, 2.45) is 0 Å². The Labute approximate surface area is 165 Å². The van der Waals surface area contributed by atoms with Crippen LogP contribution < -0.4 is 10.6 Å². The molecule has 148 valence electrons. The van der Waals surface area contributed by atoms with Gasteiger partial charge in [-0.1, -0.05) is 6.07 Å². The number of nitrogens with zero attached hydrogens (tertiary/aromatic N) is 1. The predicted octanol–water partition coefficient (Wildman–Crippen LogP) is 2.49. The second kappa shape index (κ2) is 8.00. The van der Waals surface area contributed by atoms with Gasteiger partial charge in [-0.25, -0.2) is 13.4 Å². The van der Waals surface area contributed by atoms with Crippen molar-refractivity contribution in [1.29, 1.82) is 0 Å². The van der Waals surface area contributed by atoms with Gasteiger partial charge in [0.05, 0.1) is 5.69 Å². The molecule has 0 unspecified atom stereocenters. The first-order chi connectivity index (χ1) is 12.2. The number of oxazole rings is 1. The lowest BCUT2D eigenvalue weighted by molar-refractivity contribution is -0.119. The Morgan fingerprint density at radius 1 is 1.26 bits per heavy atom. The number of benzene rings is 1. The summed E-state index contributed by atoms with van der Waals surface area (Å²) >= 11 is 0. The molecule has 2 N–H and O–H groups in total. The van der Waals surface area contributed by atoms with Gasteiger partial charge >= 0.3 is 0 Å². The molecule has 2 heterocycles. The van der Waals surface area contributed by atoms with Crippen LogP contribution in [0, 0.1) is 13.8 Å². The maximum absolute atomic E-state index is 12.9. The Balaban J connectivity index is 0.00000261. The molecule has 1 saturated heterocycles. The van der Waals surface area contributed by atoms with Crippen LogP contribution in [0.3, 0.4) is 0 Å². The quantitative estimate of drug-likeness (QED) is 0.798. The summed E-state index contributed by atoms with van der Waals surface area (Å²) in [6, 6.07) is 5.36. The maximum atomic E-state index is 12.9. The van der Waals surface area contributed by atoms with Gasteiger partial charge in [0.25, 0.3) is 0 Å². The summed E-state index contributed by atoms with van der Waals surface area (Å²) in [5.41, 5.74) is 2.99. The van der Waals surface area contributed by atoms with Gasteiger partial charge in [-0.05, 0) is 57.5 Å². The van der Waals surface area contributed by atoms with E-state index in [-0.39, 0.29) is 25.2 Å². The molecule has 7 nitrogen and oxygen atoms in total. The molecule has 9 heteroatoms. The molecule has 1 aliphatic rings. The number of carbonyl (C=O) groups excluding carboxylic acids is 1. The van der Waals surface area contributed by atoms with E-state index in [1.54, 1.807) is 18.4 Å². The highest BCUT2D eigenvalue weighted by molar-refractivity contribution is 7.92. The Hall–Kier alpha value is -1.90. The van der Waals surface area contributed by atoms with Gasteiger partial charge in [0.1, 0.15) is 6.26 Å². The molecular formula is C18H24ClN3O4S. The van der Waals surface area contributed by atoms with Crippen LogP contribution in [0.15, 0.2) is 28.9 Å². The van der Waals surface area contributed by atoms with E-state index in [1.165, 1.54) is 0 Å². The lowest BCUT2D eigenvalue weighted by Gasteiger charge is -2.34. The van der Waals surface area contributed by atoms with Crippen molar-refractivity contribution in [3.63, 3.8) is 0 Å². The summed E-state index contributed by atoms with van der Waals surface area (Å²) in [6.07, 6.45) is 3.21. The molecule has 0 spiro atoms. The number of sulfone groups is 1. The maximum Gasteiger partial charge on any atom is 0.245 e. The molecule has 0 radical (unpaired) electrons. The van der Waals surface area contributed by atoms with Crippen LogP contribution in [0.2, 0.25) is 0 Å². The summed E-state index contributed by atoms with van der Waals surface area (Å²) in [4.78, 5) is 17.2. The number of amides is 1. The fourth-order valence-corrected chi connectivity index (χ4v) is 4.58. The van der Waals surface area contributed by atoms with Crippen LogP contribution in [-0.2, 0) is 14.6 Å². The van der Waals surface area contributed by atoms with Crippen molar-refractivity contribution in [1.82, 2.24) is 10.3 Å². The lowest BCUT2D eigenvalue weighted by Crippen LogP contribution is -2.55. The molecule has 2 aromatic rings. The van der Waals surface area contributed by atoms with Gasteiger partial charge < -0.3 is 15.1 Å². The van der Waals surface area contributed by atoms with Gasteiger partial charge in [0.2, 0.25) is 11.8 Å². The predicted molar refractivity (Wildman–Crippen MR) is 107 cm³/mol. The standard InChI is InChI=1S/C18H23N3O4S.ClH/c1-12-4-5-14(10-15(12)16-20-13(2)11-25-16)21-17(22)18(26(3,23)24)6-8-19-9-7-18;/h4-5,10-11,19H,6-9H2,1-3H3,(H,21,22);1H. The minimum absolute atomic E-state index is 0. The number of hydrogen-bond acceptors (Lipinski definition) is 6. The number of nitrogens with one attached hydrogen (secondary N) is 2. The van der Waals surface area contributed by atoms with Crippen LogP contribution in [0.4, 0.5) is 5.69 Å². The highest BCUT2D eigenvalue weighted by Gasteiger charge is 2.48. The largest absolute Gasteiger partial charge is 0.444 e. The second-order valence-corrected chi connectivity index (χ2v) is 9.12. The number of hydrogen-bond donors (Lipinski definition) is 2. The van der Waals surface area contributed by atoms with E-state index in [9.17, 15) is 13.2 Å². The zero-order valence-corrected chi connectivity index (χ0v) is 17.2. The van der Waals surface area contributed by atoms with Crippen molar-refractivity contribution >= 4 is 33.8 Å². The average Bonchev–Trinajstić information content (AvgIpc) is 3.02. The van der Waals surface area contributed by atoms with E-state index < -0.39 is 20.5 Å². The molecule has 0 bridgehead atoms. The monoisotopic (exact) mass is 413 g/mol. The van der Waals surface area contributed by atoms with Crippen LogP contribution in [0.5, 0.6) is 0 Å². The first-order valence-corrected chi connectivity index (χ1v) is 10.4. The molecule has 27 heavy (non-hydrogen) atoms. The fraction of sp³-hybridized carbons (Fsp3) is 0.444. The number of rotatable bonds is 4. The third kappa shape index (κ3) is 4.17. The number of carbonyl (C=O) groups is 1. The molecule has 0 aliphatic carbocycles. The second-order valence-electron chi connectivity index (χ2n) is 6.79. The highest BCUT2D eigenvalue weighted by Crippen LogP contribution is 2.31. The minimum atomic E-state index is -3.56. The van der Waals surface area contributed by atoms with Crippen LogP contribution >= 0.6 is 12.4 Å². The summed E-state index contributed by atoms with van der Waals surface area (Å²) in [6.45, 7) is 4.75. The molecule has 1 fully saturated rings. The van der Waals surface area contributed by atoms with Crippen molar-refractivity contribution < 1.29 is 17.6 Å². The van der Waals surface area contributed by atoms with Crippen molar-refractivity contribution in [2.45, 2.75) is 31.4 Å². The van der Waals surface area contributed by atoms with Gasteiger partial charge in [0, 0.05) is 17.5 Å². The Morgan fingerprint density at radius 3 is 2.48 bits per heavy atom. The van der Waals surface area contributed by atoms with E-state index in [2.05, 4.69) is 15.6 Å². The number of aromatic nitrogens is 1. The van der Waals surface area contributed by atoms with Crippen LogP contribution in [0.1, 0.15) is 24.1 Å². The van der Waals surface area contributed by atoms with Crippen LogP contribution in [-0.4, -0.2) is 43.4 Å². The molecule has 1 aliphatic heterocycles. The van der Waals surface area contributed by atoms with Crippen molar-refractivity contribution in [3.05, 3.63) is 35.7 Å². The number of anilines is 1. The summed E-state index contributed by atoms with van der Waals surface area (Å²) in [7, 11) is -3.56. The van der Waals surface area contributed by atoms with Crippen molar-refractivity contribution in [3.8, 4) is 11.5 Å². The van der Waals surface area contributed by atoms with Crippen molar-refractivity contribution in [2.75, 3.05) is 24.7 Å². The molecule has 3 rings (SSSR count). The molecule has 0 saturated carbocycles. The molecule has 1 aromatic carbocycles. The lowest BCUT2D eigenvalue weighted by atomic mass is 9.95. The SMILES string of the molecule is Cc1coc(-c2cc(NC(=O)C3(S(C)(=O)=O)CCNCC3)ccc2C)n1.Cl. The third-order valence-corrected chi connectivity index (χ3v) is 6.89. The Kier molecular flexibility index (Phi) is 6.34. The van der Waals surface area contributed by atoms with Gasteiger partial charge in [0.15, 0.2) is 14.6 Å². The Bertz CT molecular complexity index is 934. The van der Waals surface area contributed by atoms with Gasteiger partial charge in [-0.15, -0.1) is 12.4 Å². The molecule has 0 atom stereocenters. The van der Waals surface area contributed by atoms with E-state index in [0.717, 1.165) is 23.1 Å². The first kappa shape index (κ1) is 21.4. The van der Waals surface area contributed by atoms with E-state index in [1.807, 2.05) is 19.9 Å². The summed E-state index contributed by atoms with van der Waals surface area (Å²) < 4.78 is 28.8. The van der Waals surface area contributed by atoms with E-state index >= 15 is 0 Å². The summed E-state index contributed by atoms with van der Waals surface area (Å²) in [5, 5.41) is 5.89. The van der Waals surface area contributed by atoms with Crippen LogP contribution in [0.25, 0.3) is 11.5 Å². The van der Waals surface area contributed by atoms with Gasteiger partial charge in [-0.3, -0.25) is 4.79 Å². The third-order valence-electron chi connectivity index (χ3n) is 4.88. The molecule has 1 amide bonds. The number of piperidine rings is 1.